The van der Waals surface area contributed by atoms with E-state index in [1.807, 2.05) is 25.1 Å². The Morgan fingerprint density at radius 3 is 2.31 bits per heavy atom. The quantitative estimate of drug-likeness (QED) is 0.382. The fourth-order valence-corrected chi connectivity index (χ4v) is 3.50. The molecule has 0 radical (unpaired) electrons. The second kappa shape index (κ2) is 8.68. The van der Waals surface area contributed by atoms with Crippen molar-refractivity contribution in [3.05, 3.63) is 116 Å². The normalized spacial score (nSPS) is 13.1. The summed E-state index contributed by atoms with van der Waals surface area (Å²) in [6, 6.07) is 13.8. The number of benzene rings is 2. The van der Waals surface area contributed by atoms with Crippen molar-refractivity contribution < 1.29 is 13.9 Å². The van der Waals surface area contributed by atoms with Crippen molar-refractivity contribution >= 4 is 11.4 Å². The van der Waals surface area contributed by atoms with Crippen molar-refractivity contribution in [1.29, 1.82) is 0 Å². The van der Waals surface area contributed by atoms with E-state index in [-0.39, 0.29) is 17.8 Å². The van der Waals surface area contributed by atoms with E-state index in [0.29, 0.717) is 11.3 Å². The van der Waals surface area contributed by atoms with Crippen LogP contribution in [0.15, 0.2) is 76.6 Å². The molecule has 32 heavy (non-hydrogen) atoms. The van der Waals surface area contributed by atoms with Crippen molar-refractivity contribution in [3.63, 3.8) is 0 Å². The molecule has 0 aliphatic carbocycles. The van der Waals surface area contributed by atoms with Crippen molar-refractivity contribution in [2.75, 3.05) is 5.32 Å². The van der Waals surface area contributed by atoms with Gasteiger partial charge in [0, 0.05) is 24.1 Å². The fourth-order valence-electron chi connectivity index (χ4n) is 3.50. The van der Waals surface area contributed by atoms with Gasteiger partial charge in [0.05, 0.1) is 6.04 Å². The van der Waals surface area contributed by atoms with Crippen LogP contribution in [0, 0.1) is 11.6 Å². The number of halogens is 2. The van der Waals surface area contributed by atoms with Gasteiger partial charge in [-0.05, 0) is 60.0 Å². The smallest absolute Gasteiger partial charge is 0.271 e. The maximum atomic E-state index is 13.7. The average molecular weight is 435 g/mol. The van der Waals surface area contributed by atoms with Crippen LogP contribution in [0.5, 0.6) is 5.75 Å². The lowest BCUT2D eigenvalue weighted by molar-refractivity contribution is 0.466. The van der Waals surface area contributed by atoms with Gasteiger partial charge in [-0.15, -0.1) is 0 Å². The van der Waals surface area contributed by atoms with Crippen LogP contribution in [0.3, 0.4) is 0 Å². The predicted molar refractivity (Wildman–Crippen MR) is 117 cm³/mol. The molecule has 2 unspecified atom stereocenters. The third kappa shape index (κ3) is 4.13. The molecule has 0 aliphatic rings. The van der Waals surface area contributed by atoms with E-state index in [2.05, 4.69) is 15.6 Å². The highest BCUT2D eigenvalue weighted by molar-refractivity contribution is 5.69. The zero-order valence-electron chi connectivity index (χ0n) is 17.0. The molecule has 6 nitrogen and oxygen atoms in total. The van der Waals surface area contributed by atoms with Crippen LogP contribution in [-0.4, -0.2) is 10.1 Å². The van der Waals surface area contributed by atoms with Crippen LogP contribution in [-0.2, 0) is 0 Å². The molecule has 4 rings (SSSR count). The van der Waals surface area contributed by atoms with Crippen molar-refractivity contribution in [1.82, 2.24) is 10.3 Å². The maximum absolute atomic E-state index is 13.7. The number of nitrogens with zero attached hydrogens (tertiary/aromatic N) is 1. The molecule has 3 N–H and O–H groups in total. The van der Waals surface area contributed by atoms with E-state index in [0.717, 1.165) is 23.3 Å². The number of nitrogens with one attached hydrogen (secondary N) is 2. The van der Waals surface area contributed by atoms with Gasteiger partial charge in [-0.2, -0.15) is 0 Å². The molecule has 162 valence electrons. The van der Waals surface area contributed by atoms with Gasteiger partial charge in [0.15, 0.2) is 17.4 Å². The summed E-state index contributed by atoms with van der Waals surface area (Å²) in [5, 5.41) is 15.8. The monoisotopic (exact) mass is 435 g/mol. The van der Waals surface area contributed by atoms with E-state index in [4.69, 9.17) is 0 Å². The van der Waals surface area contributed by atoms with Gasteiger partial charge >= 0.3 is 0 Å². The number of hydrogen-bond donors (Lipinski definition) is 3. The van der Waals surface area contributed by atoms with Gasteiger partial charge < -0.3 is 10.4 Å². The first-order valence-corrected chi connectivity index (χ1v) is 9.85. The Balaban J connectivity index is 1.66. The van der Waals surface area contributed by atoms with Crippen LogP contribution >= 0.6 is 0 Å². The molecule has 4 aromatic rings. The number of anilines is 2. The molecule has 1 aromatic heterocycles. The Labute approximate surface area is 181 Å². The van der Waals surface area contributed by atoms with E-state index in [9.17, 15) is 23.5 Å². The number of aromatic hydroxyl groups is 1. The minimum absolute atomic E-state index is 0.143. The molecule has 0 aliphatic heterocycles. The lowest BCUT2D eigenvalue weighted by Crippen LogP contribution is -2.32. The first-order valence-electron chi connectivity index (χ1n) is 9.85. The van der Waals surface area contributed by atoms with E-state index >= 15 is 0 Å². The van der Waals surface area contributed by atoms with Gasteiger partial charge in [0.25, 0.3) is 10.9 Å². The Hall–Kier alpha value is -3.91. The second-order valence-corrected chi connectivity index (χ2v) is 7.41. The average Bonchev–Trinajstić information content (AvgIpc) is 2.82. The molecular weight excluding hydrogens is 416 g/mol. The van der Waals surface area contributed by atoms with Crippen molar-refractivity contribution in [3.8, 4) is 5.75 Å². The molecule has 0 amide bonds. The fraction of sp³-hybridized carbons (Fsp3) is 0.125. The number of hydrogen-bond acceptors (Lipinski definition) is 6. The largest absolute Gasteiger partial charge is 0.502 e. The lowest BCUT2D eigenvalue weighted by atomic mass is 9.96. The summed E-state index contributed by atoms with van der Waals surface area (Å²) in [5.74, 6) is -2.42. The Bertz CT molecular complexity index is 1330. The summed E-state index contributed by atoms with van der Waals surface area (Å²) >= 11 is 0. The van der Waals surface area contributed by atoms with Crippen molar-refractivity contribution in [2.24, 2.45) is 0 Å². The topological polar surface area (TPSA) is 91.3 Å². The van der Waals surface area contributed by atoms with Gasteiger partial charge in [0.2, 0.25) is 0 Å². The van der Waals surface area contributed by atoms with Crippen LogP contribution in [0.2, 0.25) is 0 Å². The Kier molecular flexibility index (Phi) is 5.79. The molecule has 0 spiro atoms. The summed E-state index contributed by atoms with van der Waals surface area (Å²) in [7, 11) is 0. The summed E-state index contributed by atoms with van der Waals surface area (Å²) in [6.45, 7) is 1.84. The molecule has 2 atom stereocenters. The molecule has 8 heteroatoms. The van der Waals surface area contributed by atoms with E-state index in [1.165, 1.54) is 6.07 Å². The Morgan fingerprint density at radius 1 is 0.875 bits per heavy atom. The Morgan fingerprint density at radius 2 is 1.62 bits per heavy atom. The molecule has 1 heterocycles. The van der Waals surface area contributed by atoms with Gasteiger partial charge in [-0.1, -0.05) is 18.2 Å². The summed E-state index contributed by atoms with van der Waals surface area (Å²) in [6.07, 6.45) is 3.30. The highest BCUT2D eigenvalue weighted by Crippen LogP contribution is 2.29. The highest BCUT2D eigenvalue weighted by atomic mass is 19.2. The van der Waals surface area contributed by atoms with Gasteiger partial charge in [-0.3, -0.25) is 19.9 Å². The standard InChI is InChI=1S/C24H19F2N3O3/c1-13(15-5-6-18(25)19(26)12-15)28-20(14-7-9-27-10-8-14)16-3-2-4-17(11-16)29-21-22(30)24(32)23(21)31/h2-13,20,28-30H,1H3. The zero-order chi connectivity index (χ0) is 22.8. The summed E-state index contributed by atoms with van der Waals surface area (Å²) in [4.78, 5) is 27.0. The molecule has 0 fully saturated rings. The molecule has 0 saturated carbocycles. The highest BCUT2D eigenvalue weighted by Gasteiger charge is 2.22. The van der Waals surface area contributed by atoms with Crippen molar-refractivity contribution in [2.45, 2.75) is 19.0 Å². The second-order valence-electron chi connectivity index (χ2n) is 7.41. The maximum Gasteiger partial charge on any atom is 0.271 e. The molecule has 0 saturated heterocycles. The first kappa shape index (κ1) is 21.3. The van der Waals surface area contributed by atoms with E-state index in [1.54, 1.807) is 30.6 Å². The summed E-state index contributed by atoms with van der Waals surface area (Å²) < 4.78 is 27.1. The zero-order valence-corrected chi connectivity index (χ0v) is 17.0. The summed E-state index contributed by atoms with van der Waals surface area (Å²) in [5.41, 5.74) is 0.925. The minimum atomic E-state index is -0.921. The van der Waals surface area contributed by atoms with Crippen LogP contribution in [0.1, 0.15) is 35.7 Å². The minimum Gasteiger partial charge on any atom is -0.502 e. The van der Waals surface area contributed by atoms with Gasteiger partial charge in [0.1, 0.15) is 5.69 Å². The van der Waals surface area contributed by atoms with Crippen LogP contribution < -0.4 is 21.5 Å². The van der Waals surface area contributed by atoms with Gasteiger partial charge in [-0.25, -0.2) is 8.78 Å². The SMILES string of the molecule is CC(NC(c1ccncc1)c1cccc(Nc2c(O)c(=O)c2=O)c1)c1ccc(F)c(F)c1. The molecular formula is C24H19F2N3O3. The number of aromatic nitrogens is 1. The third-order valence-corrected chi connectivity index (χ3v) is 5.27. The lowest BCUT2D eigenvalue weighted by Gasteiger charge is -2.25. The van der Waals surface area contributed by atoms with Crippen LogP contribution in [0.25, 0.3) is 0 Å². The predicted octanol–water partition coefficient (Wildman–Crippen LogP) is 3.85. The first-order chi connectivity index (χ1) is 15.3. The van der Waals surface area contributed by atoms with Crippen LogP contribution in [0.4, 0.5) is 20.2 Å². The molecule has 0 bridgehead atoms. The third-order valence-electron chi connectivity index (χ3n) is 5.27. The molecule has 3 aromatic carbocycles. The number of rotatable bonds is 7. The van der Waals surface area contributed by atoms with E-state index < -0.39 is 28.2 Å². The number of pyridine rings is 1.